The van der Waals surface area contributed by atoms with E-state index >= 15 is 0 Å². The molecule has 2 aromatic rings. The molecule has 0 spiro atoms. The van der Waals surface area contributed by atoms with Gasteiger partial charge in [-0.25, -0.2) is 0 Å². The van der Waals surface area contributed by atoms with Gasteiger partial charge in [-0.2, -0.15) is 8.42 Å². The molecule has 1 N–H and O–H groups in total. The maximum atomic E-state index is 12.0. The van der Waals surface area contributed by atoms with Crippen molar-refractivity contribution in [2.45, 2.75) is 63.2 Å². The molecule has 0 atom stereocenters. The first-order chi connectivity index (χ1) is 12.9. The van der Waals surface area contributed by atoms with E-state index < -0.39 is 10.1 Å². The predicted molar refractivity (Wildman–Crippen MR) is 104 cm³/mol. The van der Waals surface area contributed by atoms with E-state index in [-0.39, 0.29) is 73.5 Å². The second kappa shape index (κ2) is 13.0. The summed E-state index contributed by atoms with van der Waals surface area (Å²) in [6.07, 6.45) is 8.33. The number of para-hydroxylation sites is 2. The minimum atomic E-state index is -4.48. The summed E-state index contributed by atoms with van der Waals surface area (Å²) < 4.78 is 39.1. The van der Waals surface area contributed by atoms with Gasteiger partial charge in [0.15, 0.2) is 0 Å². The van der Waals surface area contributed by atoms with Crippen LogP contribution in [0.2, 0.25) is 0 Å². The average Bonchev–Trinajstić information content (AvgIpc) is 2.62. The zero-order valence-electron chi connectivity index (χ0n) is 16.7. The van der Waals surface area contributed by atoms with Gasteiger partial charge in [0.1, 0.15) is 16.4 Å². The summed E-state index contributed by atoms with van der Waals surface area (Å²) in [5, 5.41) is 11.9. The molecular weight excluding hydrogens is 403 g/mol. The van der Waals surface area contributed by atoms with Crippen molar-refractivity contribution < 1.29 is 74.2 Å². The van der Waals surface area contributed by atoms with E-state index in [1.54, 1.807) is 24.3 Å². The molecule has 5 nitrogen and oxygen atoms in total. The van der Waals surface area contributed by atoms with E-state index in [0.29, 0.717) is 12.0 Å². The zero-order valence-corrected chi connectivity index (χ0v) is 20.6. The average molecular weight is 431 g/mol. The molecule has 28 heavy (non-hydrogen) atoms. The zero-order chi connectivity index (χ0) is 19.7. The van der Waals surface area contributed by atoms with Crippen LogP contribution in [0.5, 0.6) is 17.2 Å². The van der Waals surface area contributed by atoms with Crippen LogP contribution < -0.4 is 61.2 Å². The first-order valence-corrected chi connectivity index (χ1v) is 10.9. The quantitative estimate of drug-likeness (QED) is 0.335. The smallest absolute Gasteiger partial charge is 0.870 e. The maximum absolute atomic E-state index is 12.0. The van der Waals surface area contributed by atoms with Crippen LogP contribution in [-0.2, 0) is 16.5 Å². The molecule has 0 saturated heterocycles. The standard InChI is InChI=1S/C21H28O5S.K/c1-2-3-4-5-6-7-8-12-17-13-11-16-20(21(17)27(23,24)25)26-19-15-10-9-14-18(19)22;/h9-11,13-16,22H,2-8,12H2,1H3,(H,23,24,25);/q;+1/p-1. The Hall–Kier alpha value is -0.414. The van der Waals surface area contributed by atoms with Gasteiger partial charge >= 0.3 is 51.4 Å². The Morgan fingerprint density at radius 1 is 0.893 bits per heavy atom. The van der Waals surface area contributed by atoms with Crippen LogP contribution in [0.3, 0.4) is 0 Å². The molecule has 0 aliphatic carbocycles. The van der Waals surface area contributed by atoms with Crippen LogP contribution in [0.15, 0.2) is 47.4 Å². The molecule has 0 radical (unpaired) electrons. The largest absolute Gasteiger partial charge is 1.00 e. The van der Waals surface area contributed by atoms with Crippen molar-refractivity contribution in [2.75, 3.05) is 0 Å². The van der Waals surface area contributed by atoms with Crippen molar-refractivity contribution in [3.05, 3.63) is 48.0 Å². The van der Waals surface area contributed by atoms with Crippen LogP contribution in [0, 0.1) is 0 Å². The van der Waals surface area contributed by atoms with Gasteiger partial charge in [-0.3, -0.25) is 4.55 Å². The van der Waals surface area contributed by atoms with E-state index in [1.807, 2.05) is 0 Å². The number of ether oxygens (including phenoxy) is 1. The molecule has 0 aliphatic heterocycles. The Morgan fingerprint density at radius 2 is 1.50 bits per heavy atom. The number of hydrogen-bond donors (Lipinski definition) is 1. The van der Waals surface area contributed by atoms with Crippen LogP contribution in [0.1, 0.15) is 57.4 Å². The molecule has 0 heterocycles. The Morgan fingerprint density at radius 3 is 2.14 bits per heavy atom. The minimum Gasteiger partial charge on any atom is -0.870 e. The summed E-state index contributed by atoms with van der Waals surface area (Å²) in [6.45, 7) is 2.18. The fraction of sp³-hybridized carbons (Fsp3) is 0.429. The summed E-state index contributed by atoms with van der Waals surface area (Å²) in [5.74, 6) is -0.354. The van der Waals surface area contributed by atoms with Crippen molar-refractivity contribution in [2.24, 2.45) is 0 Å². The van der Waals surface area contributed by atoms with Crippen LogP contribution in [0.25, 0.3) is 0 Å². The van der Waals surface area contributed by atoms with E-state index in [1.165, 1.54) is 43.9 Å². The van der Waals surface area contributed by atoms with Gasteiger partial charge in [0.05, 0.1) is 0 Å². The summed E-state index contributed by atoms with van der Waals surface area (Å²) >= 11 is 0. The molecule has 0 aliphatic rings. The molecule has 0 saturated carbocycles. The minimum absolute atomic E-state index is 0. The molecular formula is C21H27KO5S. The van der Waals surface area contributed by atoms with Gasteiger partial charge in [0.25, 0.3) is 10.1 Å². The molecule has 2 aromatic carbocycles. The number of aryl methyl sites for hydroxylation is 1. The van der Waals surface area contributed by atoms with E-state index in [2.05, 4.69) is 6.92 Å². The molecule has 0 bridgehead atoms. The molecule has 0 fully saturated rings. The maximum Gasteiger partial charge on any atom is 1.00 e. The normalized spacial score (nSPS) is 11.1. The Bertz CT molecular complexity index is 836. The van der Waals surface area contributed by atoms with E-state index in [9.17, 15) is 18.1 Å². The SMILES string of the molecule is CCCCCCCCCc1cccc(Oc2ccccc2[O-])c1S(=O)(=O)O.[K+]. The number of unbranched alkanes of at least 4 members (excludes halogenated alkanes) is 6. The van der Waals surface area contributed by atoms with Crippen molar-refractivity contribution in [1.82, 2.24) is 0 Å². The van der Waals surface area contributed by atoms with Gasteiger partial charge in [0.2, 0.25) is 0 Å². The monoisotopic (exact) mass is 430 g/mol. The second-order valence-corrected chi connectivity index (χ2v) is 8.00. The van der Waals surface area contributed by atoms with Crippen LogP contribution in [0.4, 0.5) is 0 Å². The van der Waals surface area contributed by atoms with Crippen molar-refractivity contribution >= 4 is 10.1 Å². The van der Waals surface area contributed by atoms with Crippen molar-refractivity contribution in [3.8, 4) is 17.2 Å². The first-order valence-electron chi connectivity index (χ1n) is 9.46. The van der Waals surface area contributed by atoms with Gasteiger partial charge in [-0.05, 0) is 30.5 Å². The molecule has 7 heteroatoms. The summed E-state index contributed by atoms with van der Waals surface area (Å²) in [4.78, 5) is -0.251. The van der Waals surface area contributed by atoms with Gasteiger partial charge in [0, 0.05) is 0 Å². The summed E-state index contributed by atoms with van der Waals surface area (Å²) in [5.41, 5.74) is 0.506. The number of hydrogen-bond acceptors (Lipinski definition) is 4. The predicted octanol–water partition coefficient (Wildman–Crippen LogP) is 2.10. The van der Waals surface area contributed by atoms with Gasteiger partial charge in [-0.1, -0.05) is 81.5 Å². The Balaban J connectivity index is 0.00000392. The Labute approximate surface area is 210 Å². The molecule has 148 valence electrons. The first kappa shape index (κ1) is 25.6. The van der Waals surface area contributed by atoms with E-state index in [0.717, 1.165) is 19.3 Å². The number of rotatable bonds is 11. The molecule has 2 rings (SSSR count). The second-order valence-electron chi connectivity index (χ2n) is 6.64. The molecule has 0 unspecified atom stereocenters. The van der Waals surface area contributed by atoms with Gasteiger partial charge < -0.3 is 9.84 Å². The third-order valence-electron chi connectivity index (χ3n) is 4.44. The molecule has 0 amide bonds. The van der Waals surface area contributed by atoms with Crippen LogP contribution >= 0.6 is 0 Å². The van der Waals surface area contributed by atoms with Crippen LogP contribution in [-0.4, -0.2) is 13.0 Å². The van der Waals surface area contributed by atoms with Crippen molar-refractivity contribution in [3.63, 3.8) is 0 Å². The third-order valence-corrected chi connectivity index (χ3v) is 5.42. The molecule has 0 aromatic heterocycles. The summed E-state index contributed by atoms with van der Waals surface area (Å²) in [6, 6.07) is 10.8. The summed E-state index contributed by atoms with van der Waals surface area (Å²) in [7, 11) is -4.48. The van der Waals surface area contributed by atoms with Gasteiger partial charge in [-0.15, -0.1) is 0 Å². The topological polar surface area (TPSA) is 86.7 Å². The number of benzene rings is 2. The fourth-order valence-corrected chi connectivity index (χ4v) is 3.92. The Kier molecular flexibility index (Phi) is 11.9. The van der Waals surface area contributed by atoms with Crippen molar-refractivity contribution in [1.29, 1.82) is 0 Å². The third kappa shape index (κ3) is 8.14. The fourth-order valence-electron chi connectivity index (χ4n) is 3.06. The van der Waals surface area contributed by atoms with E-state index in [4.69, 9.17) is 4.74 Å².